The molecule has 0 aliphatic carbocycles. The molecule has 4 rings (SSSR count). The van der Waals surface area contributed by atoms with Gasteiger partial charge in [-0.1, -0.05) is 33.6 Å². The summed E-state index contributed by atoms with van der Waals surface area (Å²) in [5.41, 5.74) is 1.30. The number of hydrogen-bond acceptors (Lipinski definition) is 4. The molecule has 0 unspecified atom stereocenters. The molecule has 7 nitrogen and oxygen atoms in total. The van der Waals surface area contributed by atoms with Crippen LogP contribution in [0.2, 0.25) is 0 Å². The van der Waals surface area contributed by atoms with Crippen molar-refractivity contribution in [1.29, 1.82) is 0 Å². The summed E-state index contributed by atoms with van der Waals surface area (Å²) in [6.45, 7) is 10.7. The Labute approximate surface area is 248 Å². The number of rotatable bonds is 11. The molecule has 1 aliphatic heterocycles. The zero-order valence-electron chi connectivity index (χ0n) is 25.0. The Balaban J connectivity index is 1.49. The fourth-order valence-corrected chi connectivity index (χ4v) is 5.40. The second-order valence-electron chi connectivity index (χ2n) is 11.3. The first kappa shape index (κ1) is 30.9. The Morgan fingerprint density at radius 3 is 1.93 bits per heavy atom. The van der Waals surface area contributed by atoms with E-state index in [1.807, 2.05) is 11.8 Å². The second kappa shape index (κ2) is 14.2. The number of urea groups is 1. The molecule has 2 N–H and O–H groups in total. The number of ether oxygens (including phenoxy) is 2. The van der Waals surface area contributed by atoms with E-state index in [1.165, 1.54) is 43.5 Å². The van der Waals surface area contributed by atoms with Crippen LogP contribution in [0.5, 0.6) is 23.0 Å². The third-order valence-corrected chi connectivity index (χ3v) is 8.06. The molecule has 1 fully saturated rings. The lowest BCUT2D eigenvalue weighted by molar-refractivity contribution is 0.0955. The van der Waals surface area contributed by atoms with Crippen LogP contribution in [0.15, 0.2) is 66.7 Å². The molecule has 3 amide bonds. The molecule has 0 atom stereocenters. The number of anilines is 1. The average Bonchev–Trinajstić information content (AvgIpc) is 2.98. The Kier molecular flexibility index (Phi) is 10.4. The quantitative estimate of drug-likeness (QED) is 0.240. The van der Waals surface area contributed by atoms with Gasteiger partial charge in [0, 0.05) is 49.1 Å². The fraction of sp³-hybridized carbons (Fsp3) is 0.412. The monoisotopic (exact) mass is 575 g/mol. The lowest BCUT2D eigenvalue weighted by Crippen LogP contribution is -2.44. The number of hydrogen-bond donors (Lipinski definition) is 2. The van der Waals surface area contributed by atoms with E-state index in [9.17, 15) is 14.0 Å². The Morgan fingerprint density at radius 2 is 1.40 bits per heavy atom. The van der Waals surface area contributed by atoms with Gasteiger partial charge in [-0.25, -0.2) is 9.18 Å². The van der Waals surface area contributed by atoms with Gasteiger partial charge in [-0.15, -0.1) is 0 Å². The third-order valence-electron chi connectivity index (χ3n) is 8.06. The van der Waals surface area contributed by atoms with E-state index in [0.717, 1.165) is 18.8 Å². The van der Waals surface area contributed by atoms with Gasteiger partial charge in [0.05, 0.1) is 0 Å². The van der Waals surface area contributed by atoms with Crippen molar-refractivity contribution in [2.75, 3.05) is 25.0 Å². The standard InChI is InChI=1S/C34H42FN3O4/c1-5-24(6-2)23-34(4)16-18-38(19-17-34)33(40)37-27-20-30(22-31(21-27)42-29-14-10-26(35)11-15-29)41-28-12-8-25(9-13-28)32(39)36-7-3/h8-15,20-22,24H,5-7,16-19,23H2,1-4H3,(H,36,39)(H,37,40). The van der Waals surface area contributed by atoms with Gasteiger partial charge in [0.15, 0.2) is 0 Å². The highest BCUT2D eigenvalue weighted by molar-refractivity contribution is 5.94. The molecule has 0 saturated carbocycles. The lowest BCUT2D eigenvalue weighted by Gasteiger charge is -2.41. The summed E-state index contributed by atoms with van der Waals surface area (Å²) in [4.78, 5) is 27.3. The number of likely N-dealkylation sites (tertiary alicyclic amines) is 1. The first-order valence-electron chi connectivity index (χ1n) is 14.9. The zero-order valence-corrected chi connectivity index (χ0v) is 25.0. The molecule has 1 heterocycles. The number of benzene rings is 3. The van der Waals surface area contributed by atoms with Gasteiger partial charge in [-0.05, 0) is 86.1 Å². The zero-order chi connectivity index (χ0) is 30.1. The van der Waals surface area contributed by atoms with Gasteiger partial charge in [-0.3, -0.25) is 4.79 Å². The normalized spacial score (nSPS) is 14.4. The predicted octanol–water partition coefficient (Wildman–Crippen LogP) is 8.62. The van der Waals surface area contributed by atoms with Crippen LogP contribution in [-0.2, 0) is 0 Å². The molecule has 0 spiro atoms. The van der Waals surface area contributed by atoms with E-state index in [2.05, 4.69) is 31.4 Å². The summed E-state index contributed by atoms with van der Waals surface area (Å²) in [5, 5.41) is 5.79. The van der Waals surface area contributed by atoms with E-state index in [-0.39, 0.29) is 23.2 Å². The highest BCUT2D eigenvalue weighted by atomic mass is 19.1. The number of halogens is 1. The maximum absolute atomic E-state index is 13.4. The van der Waals surface area contributed by atoms with Crippen molar-refractivity contribution in [2.24, 2.45) is 11.3 Å². The summed E-state index contributed by atoms with van der Waals surface area (Å²) in [5.74, 6) is 2.04. The Morgan fingerprint density at radius 1 is 0.857 bits per heavy atom. The third kappa shape index (κ3) is 8.47. The first-order chi connectivity index (χ1) is 20.2. The molecule has 0 bridgehead atoms. The minimum atomic E-state index is -0.360. The van der Waals surface area contributed by atoms with E-state index in [1.54, 1.807) is 42.5 Å². The second-order valence-corrected chi connectivity index (χ2v) is 11.3. The maximum atomic E-state index is 13.4. The van der Waals surface area contributed by atoms with Gasteiger partial charge in [0.2, 0.25) is 0 Å². The summed E-state index contributed by atoms with van der Waals surface area (Å²) < 4.78 is 25.5. The Hall–Kier alpha value is -4.07. The van der Waals surface area contributed by atoms with E-state index < -0.39 is 0 Å². The van der Waals surface area contributed by atoms with Gasteiger partial charge in [0.1, 0.15) is 28.8 Å². The van der Waals surface area contributed by atoms with E-state index in [4.69, 9.17) is 9.47 Å². The van der Waals surface area contributed by atoms with Gasteiger partial charge in [0.25, 0.3) is 5.91 Å². The van der Waals surface area contributed by atoms with Crippen molar-refractivity contribution in [3.05, 3.63) is 78.1 Å². The molecule has 0 aromatic heterocycles. The maximum Gasteiger partial charge on any atom is 0.321 e. The predicted molar refractivity (Wildman–Crippen MR) is 164 cm³/mol. The molecule has 0 radical (unpaired) electrons. The summed E-state index contributed by atoms with van der Waals surface area (Å²) in [7, 11) is 0. The van der Waals surface area contributed by atoms with Crippen molar-refractivity contribution in [3.8, 4) is 23.0 Å². The van der Waals surface area contributed by atoms with Crippen LogP contribution in [0.4, 0.5) is 14.9 Å². The number of nitrogens with zero attached hydrogens (tertiary/aromatic N) is 1. The molecular weight excluding hydrogens is 533 g/mol. The minimum absolute atomic E-state index is 0.155. The van der Waals surface area contributed by atoms with Crippen LogP contribution < -0.4 is 20.1 Å². The largest absolute Gasteiger partial charge is 0.457 e. The van der Waals surface area contributed by atoms with Crippen molar-refractivity contribution >= 4 is 17.6 Å². The van der Waals surface area contributed by atoms with E-state index >= 15 is 0 Å². The van der Waals surface area contributed by atoms with Crippen molar-refractivity contribution in [3.63, 3.8) is 0 Å². The first-order valence-corrected chi connectivity index (χ1v) is 14.9. The smallest absolute Gasteiger partial charge is 0.321 e. The van der Waals surface area contributed by atoms with Crippen molar-refractivity contribution in [1.82, 2.24) is 10.2 Å². The highest BCUT2D eigenvalue weighted by Gasteiger charge is 2.33. The van der Waals surface area contributed by atoms with Crippen LogP contribution in [0.25, 0.3) is 0 Å². The molecule has 8 heteroatoms. The number of piperidine rings is 1. The van der Waals surface area contributed by atoms with Crippen LogP contribution in [0.3, 0.4) is 0 Å². The molecule has 1 aliphatic rings. The average molecular weight is 576 g/mol. The van der Waals surface area contributed by atoms with Gasteiger partial charge < -0.3 is 25.0 Å². The van der Waals surface area contributed by atoms with Crippen molar-refractivity contribution < 1.29 is 23.5 Å². The van der Waals surface area contributed by atoms with Gasteiger partial charge in [-0.2, -0.15) is 0 Å². The number of carbonyl (C=O) groups is 2. The molecule has 1 saturated heterocycles. The molecular formula is C34H42FN3O4. The topological polar surface area (TPSA) is 79.9 Å². The van der Waals surface area contributed by atoms with Crippen molar-refractivity contribution in [2.45, 2.75) is 59.8 Å². The molecule has 3 aromatic rings. The summed E-state index contributed by atoms with van der Waals surface area (Å²) >= 11 is 0. The number of amides is 3. The van der Waals surface area contributed by atoms with E-state index in [0.29, 0.717) is 53.9 Å². The summed E-state index contributed by atoms with van der Waals surface area (Å²) in [6.07, 6.45) is 5.53. The SMILES string of the molecule is CCNC(=O)c1ccc(Oc2cc(NC(=O)N3CCC(C)(CC(CC)CC)CC3)cc(Oc3ccc(F)cc3)c2)cc1. The molecule has 42 heavy (non-hydrogen) atoms. The number of nitrogens with one attached hydrogen (secondary N) is 2. The van der Waals surface area contributed by atoms with Crippen LogP contribution >= 0.6 is 0 Å². The highest BCUT2D eigenvalue weighted by Crippen LogP contribution is 2.39. The Bertz CT molecular complexity index is 1330. The molecule has 224 valence electrons. The molecule has 3 aromatic carbocycles. The fourth-order valence-electron chi connectivity index (χ4n) is 5.40. The van der Waals surface area contributed by atoms with Crippen LogP contribution in [0, 0.1) is 17.2 Å². The minimum Gasteiger partial charge on any atom is -0.457 e. The van der Waals surface area contributed by atoms with Crippen LogP contribution in [-0.4, -0.2) is 36.5 Å². The lowest BCUT2D eigenvalue weighted by atomic mass is 9.73. The number of carbonyl (C=O) groups excluding carboxylic acids is 2. The van der Waals surface area contributed by atoms with Gasteiger partial charge >= 0.3 is 6.03 Å². The van der Waals surface area contributed by atoms with Crippen LogP contribution in [0.1, 0.15) is 70.2 Å². The summed E-state index contributed by atoms with van der Waals surface area (Å²) in [6, 6.07) is 17.5.